The van der Waals surface area contributed by atoms with E-state index in [1.54, 1.807) is 0 Å². The van der Waals surface area contributed by atoms with E-state index in [0.717, 1.165) is 6.42 Å². The zero-order chi connectivity index (χ0) is 13.5. The average molecular weight is 243 g/mol. The minimum Gasteiger partial charge on any atom is -0.480 e. The van der Waals surface area contributed by atoms with E-state index in [0.29, 0.717) is 6.04 Å². The van der Waals surface area contributed by atoms with Crippen molar-refractivity contribution in [3.05, 3.63) is 0 Å². The lowest BCUT2D eigenvalue weighted by Gasteiger charge is -2.39. The molecule has 0 amide bonds. The molecular formula is C14H29NO2. The topological polar surface area (TPSA) is 40.5 Å². The van der Waals surface area contributed by atoms with Crippen molar-refractivity contribution in [2.45, 2.75) is 78.3 Å². The van der Waals surface area contributed by atoms with Gasteiger partial charge < -0.3 is 5.11 Å². The third-order valence-corrected chi connectivity index (χ3v) is 3.17. The van der Waals surface area contributed by atoms with E-state index in [1.807, 2.05) is 0 Å². The lowest BCUT2D eigenvalue weighted by molar-refractivity contribution is -0.140. The summed E-state index contributed by atoms with van der Waals surface area (Å²) in [6.07, 6.45) is 6.06. The maximum Gasteiger partial charge on any atom is 0.317 e. The van der Waals surface area contributed by atoms with Crippen LogP contribution in [0.3, 0.4) is 0 Å². The van der Waals surface area contributed by atoms with Gasteiger partial charge in [-0.15, -0.1) is 0 Å². The van der Waals surface area contributed by atoms with Crippen molar-refractivity contribution in [1.82, 2.24) is 4.90 Å². The van der Waals surface area contributed by atoms with E-state index in [2.05, 4.69) is 39.5 Å². The van der Waals surface area contributed by atoms with Gasteiger partial charge in [-0.1, -0.05) is 32.6 Å². The highest BCUT2D eigenvalue weighted by Crippen LogP contribution is 2.20. The van der Waals surface area contributed by atoms with Gasteiger partial charge in [-0.05, 0) is 34.1 Å². The fourth-order valence-corrected chi connectivity index (χ4v) is 2.22. The van der Waals surface area contributed by atoms with Gasteiger partial charge in [0.25, 0.3) is 0 Å². The first-order chi connectivity index (χ1) is 7.79. The molecule has 17 heavy (non-hydrogen) atoms. The van der Waals surface area contributed by atoms with Crippen LogP contribution < -0.4 is 0 Å². The fourth-order valence-electron chi connectivity index (χ4n) is 2.22. The van der Waals surface area contributed by atoms with Gasteiger partial charge in [-0.25, -0.2) is 0 Å². The summed E-state index contributed by atoms with van der Waals surface area (Å²) in [5.74, 6) is -0.736. The van der Waals surface area contributed by atoms with Crippen LogP contribution in [0.25, 0.3) is 0 Å². The summed E-state index contributed by atoms with van der Waals surface area (Å²) in [5.41, 5.74) is -0.0808. The number of unbranched alkanes of at least 4 members (excludes halogenated alkanes) is 3. The molecule has 0 bridgehead atoms. The first kappa shape index (κ1) is 16.4. The molecule has 0 aliphatic carbocycles. The van der Waals surface area contributed by atoms with E-state index < -0.39 is 5.97 Å². The number of aliphatic carboxylic acids is 1. The number of carboxylic acid groups (broad SMARTS) is 1. The Morgan fingerprint density at radius 3 is 2.24 bits per heavy atom. The Bertz CT molecular complexity index is 221. The van der Waals surface area contributed by atoms with Crippen molar-refractivity contribution in [2.75, 3.05) is 6.54 Å². The van der Waals surface area contributed by atoms with Crippen LogP contribution in [0, 0.1) is 0 Å². The summed E-state index contributed by atoms with van der Waals surface area (Å²) in [6.45, 7) is 10.7. The number of carbonyl (C=O) groups is 1. The molecular weight excluding hydrogens is 214 g/mol. The van der Waals surface area contributed by atoms with Crippen molar-refractivity contribution >= 4 is 5.97 Å². The van der Waals surface area contributed by atoms with E-state index in [1.165, 1.54) is 25.7 Å². The summed E-state index contributed by atoms with van der Waals surface area (Å²) in [7, 11) is 0. The maximum absolute atomic E-state index is 10.9. The van der Waals surface area contributed by atoms with E-state index >= 15 is 0 Å². The van der Waals surface area contributed by atoms with Crippen LogP contribution in [0.1, 0.15) is 66.7 Å². The molecule has 0 aromatic heterocycles. The summed E-state index contributed by atoms with van der Waals surface area (Å²) in [4.78, 5) is 13.0. The molecule has 1 atom stereocenters. The quantitative estimate of drug-likeness (QED) is 0.663. The van der Waals surface area contributed by atoms with Gasteiger partial charge in [-0.2, -0.15) is 0 Å². The van der Waals surface area contributed by atoms with E-state index in [4.69, 9.17) is 5.11 Å². The molecule has 1 unspecified atom stereocenters. The Kier molecular flexibility index (Phi) is 7.44. The smallest absolute Gasteiger partial charge is 0.317 e. The van der Waals surface area contributed by atoms with Crippen LogP contribution >= 0.6 is 0 Å². The summed E-state index contributed by atoms with van der Waals surface area (Å²) in [6, 6.07) is 0.336. The highest BCUT2D eigenvalue weighted by Gasteiger charge is 2.27. The largest absolute Gasteiger partial charge is 0.480 e. The minimum atomic E-state index is -0.736. The Morgan fingerprint density at radius 2 is 1.82 bits per heavy atom. The molecule has 0 aliphatic heterocycles. The van der Waals surface area contributed by atoms with Gasteiger partial charge in [0.05, 0.1) is 6.54 Å². The SMILES string of the molecule is CCCCCCC(C)N(CC(=O)O)C(C)(C)C. The second-order valence-electron chi connectivity index (χ2n) is 5.89. The average Bonchev–Trinajstić information content (AvgIpc) is 2.19. The van der Waals surface area contributed by atoms with Crippen molar-refractivity contribution in [1.29, 1.82) is 0 Å². The van der Waals surface area contributed by atoms with Gasteiger partial charge >= 0.3 is 5.97 Å². The molecule has 1 N–H and O–H groups in total. The Labute approximate surface area is 106 Å². The van der Waals surface area contributed by atoms with Crippen LogP contribution in [0.2, 0.25) is 0 Å². The van der Waals surface area contributed by atoms with Crippen LogP contribution in [0.15, 0.2) is 0 Å². The number of rotatable bonds is 8. The number of hydrogen-bond acceptors (Lipinski definition) is 2. The normalized spacial score (nSPS) is 14.0. The summed E-state index contributed by atoms with van der Waals surface area (Å²) >= 11 is 0. The van der Waals surface area contributed by atoms with Crippen molar-refractivity contribution < 1.29 is 9.90 Å². The van der Waals surface area contributed by atoms with Crippen molar-refractivity contribution in [3.8, 4) is 0 Å². The van der Waals surface area contributed by atoms with Gasteiger partial charge in [0.2, 0.25) is 0 Å². The van der Waals surface area contributed by atoms with E-state index in [9.17, 15) is 4.79 Å². The molecule has 0 saturated carbocycles. The molecule has 0 aromatic rings. The van der Waals surface area contributed by atoms with Crippen molar-refractivity contribution in [2.24, 2.45) is 0 Å². The van der Waals surface area contributed by atoms with Crippen LogP contribution in [0.4, 0.5) is 0 Å². The lowest BCUT2D eigenvalue weighted by atomic mass is 9.99. The maximum atomic E-state index is 10.9. The molecule has 0 saturated heterocycles. The van der Waals surface area contributed by atoms with Gasteiger partial charge in [0.1, 0.15) is 0 Å². The summed E-state index contributed by atoms with van der Waals surface area (Å²) < 4.78 is 0. The molecule has 102 valence electrons. The third-order valence-electron chi connectivity index (χ3n) is 3.17. The first-order valence-corrected chi connectivity index (χ1v) is 6.77. The molecule has 3 heteroatoms. The van der Waals surface area contributed by atoms with Gasteiger partial charge in [-0.3, -0.25) is 9.69 Å². The highest BCUT2D eigenvalue weighted by molar-refractivity contribution is 5.69. The second-order valence-corrected chi connectivity index (χ2v) is 5.89. The summed E-state index contributed by atoms with van der Waals surface area (Å²) in [5, 5.41) is 8.96. The molecule has 0 spiro atoms. The van der Waals surface area contributed by atoms with Crippen LogP contribution in [-0.4, -0.2) is 34.1 Å². The second kappa shape index (κ2) is 7.70. The number of carboxylic acids is 1. The van der Waals surface area contributed by atoms with E-state index in [-0.39, 0.29) is 12.1 Å². The Morgan fingerprint density at radius 1 is 1.24 bits per heavy atom. The molecule has 0 aromatic carbocycles. The van der Waals surface area contributed by atoms with Gasteiger partial charge in [0, 0.05) is 11.6 Å². The van der Waals surface area contributed by atoms with Gasteiger partial charge in [0.15, 0.2) is 0 Å². The molecule has 0 heterocycles. The zero-order valence-electron chi connectivity index (χ0n) is 12.1. The monoisotopic (exact) mass is 243 g/mol. The minimum absolute atomic E-state index is 0.0808. The molecule has 0 rings (SSSR count). The van der Waals surface area contributed by atoms with Crippen LogP contribution in [-0.2, 0) is 4.79 Å². The molecule has 0 aliphatic rings. The Balaban J connectivity index is 4.23. The fraction of sp³-hybridized carbons (Fsp3) is 0.929. The van der Waals surface area contributed by atoms with Crippen LogP contribution in [0.5, 0.6) is 0 Å². The molecule has 0 fully saturated rings. The zero-order valence-corrected chi connectivity index (χ0v) is 12.1. The predicted molar refractivity (Wildman–Crippen MR) is 72.3 cm³/mol. The first-order valence-electron chi connectivity index (χ1n) is 6.77. The standard InChI is InChI=1S/C14H29NO2/c1-6-7-8-9-10-12(2)15(11-13(16)17)14(3,4)5/h12H,6-11H2,1-5H3,(H,16,17). The predicted octanol–water partition coefficient (Wildman–Crippen LogP) is 3.53. The number of hydrogen-bond donors (Lipinski definition) is 1. The molecule has 3 nitrogen and oxygen atoms in total. The number of nitrogens with zero attached hydrogens (tertiary/aromatic N) is 1. The Hall–Kier alpha value is -0.570. The highest BCUT2D eigenvalue weighted by atomic mass is 16.4. The van der Waals surface area contributed by atoms with Crippen molar-refractivity contribution in [3.63, 3.8) is 0 Å². The lowest BCUT2D eigenvalue weighted by Crippen LogP contribution is -2.49. The third kappa shape index (κ3) is 7.37. The molecule has 0 radical (unpaired) electrons.